The van der Waals surface area contributed by atoms with Crippen LogP contribution in [0.25, 0.3) is 0 Å². The average Bonchev–Trinajstić information content (AvgIpc) is 2.34. The Labute approximate surface area is 119 Å². The van der Waals surface area contributed by atoms with Crippen molar-refractivity contribution in [3.8, 4) is 0 Å². The highest BCUT2D eigenvalue weighted by molar-refractivity contribution is 5.30. The molecule has 0 bridgehead atoms. The number of hydrogen-bond donors (Lipinski definition) is 0. The first-order chi connectivity index (χ1) is 9.69. The lowest BCUT2D eigenvalue weighted by Gasteiger charge is -2.54. The summed E-state index contributed by atoms with van der Waals surface area (Å²) in [7, 11) is 0. The monoisotopic (exact) mass is 374 g/mol. The fourth-order valence-electron chi connectivity index (χ4n) is 2.04. The zero-order chi connectivity index (χ0) is 19.1. The summed E-state index contributed by atoms with van der Waals surface area (Å²) in [5, 5.41) is 0. The smallest absolute Gasteiger partial charge is 0.223 e. The third-order valence-electron chi connectivity index (χ3n) is 3.63. The SMILES string of the molecule is CC(C)C(F)(F)C1(F)C(F)(F)C(F)(F)C(F)(F)C(F)(F)C1(F)F. The summed E-state index contributed by atoms with van der Waals surface area (Å²) in [6, 6.07) is 0. The third-order valence-corrected chi connectivity index (χ3v) is 3.63. The van der Waals surface area contributed by atoms with Crippen LogP contribution >= 0.6 is 0 Å². The number of rotatable bonds is 2. The van der Waals surface area contributed by atoms with Crippen LogP contribution in [-0.4, -0.2) is 41.2 Å². The molecule has 0 spiro atoms. The summed E-state index contributed by atoms with van der Waals surface area (Å²) < 4.78 is 172. The van der Waals surface area contributed by atoms with Crippen molar-refractivity contribution in [2.24, 2.45) is 5.92 Å². The van der Waals surface area contributed by atoms with Gasteiger partial charge in [0.1, 0.15) is 0 Å². The van der Waals surface area contributed by atoms with Crippen LogP contribution in [0.5, 0.6) is 0 Å². The van der Waals surface area contributed by atoms with Crippen molar-refractivity contribution < 1.29 is 57.1 Å². The predicted molar refractivity (Wildman–Crippen MR) is 48.4 cm³/mol. The van der Waals surface area contributed by atoms with Crippen molar-refractivity contribution in [1.82, 2.24) is 0 Å². The Kier molecular flexibility index (Phi) is 3.83. The van der Waals surface area contributed by atoms with Crippen LogP contribution in [0.2, 0.25) is 0 Å². The Hall–Kier alpha value is -0.910. The van der Waals surface area contributed by atoms with Crippen molar-refractivity contribution in [3.63, 3.8) is 0 Å². The van der Waals surface area contributed by atoms with E-state index in [9.17, 15) is 57.1 Å². The maximum absolute atomic E-state index is 13.9. The molecule has 138 valence electrons. The quantitative estimate of drug-likeness (QED) is 0.585. The number of alkyl halides is 13. The molecular weight excluding hydrogens is 367 g/mol. The third kappa shape index (κ3) is 1.66. The molecule has 0 aromatic heterocycles. The molecule has 13 heteroatoms. The molecule has 0 unspecified atom stereocenters. The topological polar surface area (TPSA) is 0 Å². The Morgan fingerprint density at radius 2 is 0.739 bits per heavy atom. The van der Waals surface area contributed by atoms with Gasteiger partial charge in [-0.2, -0.15) is 43.9 Å². The summed E-state index contributed by atoms with van der Waals surface area (Å²) in [4.78, 5) is 0. The molecule has 1 fully saturated rings. The van der Waals surface area contributed by atoms with E-state index < -0.39 is 47.1 Å². The number of halogens is 13. The highest BCUT2D eigenvalue weighted by Crippen LogP contribution is 2.72. The van der Waals surface area contributed by atoms with Crippen molar-refractivity contribution in [1.29, 1.82) is 0 Å². The van der Waals surface area contributed by atoms with Crippen molar-refractivity contribution in [3.05, 3.63) is 0 Å². The Balaban J connectivity index is 3.98. The Bertz CT molecular complexity index is 459. The van der Waals surface area contributed by atoms with E-state index in [1.807, 2.05) is 0 Å². The van der Waals surface area contributed by atoms with Gasteiger partial charge in [-0.25, -0.2) is 13.2 Å². The van der Waals surface area contributed by atoms with E-state index in [0.29, 0.717) is 0 Å². The molecule has 0 amide bonds. The highest BCUT2D eigenvalue weighted by atomic mass is 19.4. The summed E-state index contributed by atoms with van der Waals surface area (Å²) in [5.41, 5.74) is -7.27. The van der Waals surface area contributed by atoms with Gasteiger partial charge < -0.3 is 0 Å². The van der Waals surface area contributed by atoms with Gasteiger partial charge in [0.05, 0.1) is 0 Å². The van der Waals surface area contributed by atoms with Crippen LogP contribution in [0.1, 0.15) is 13.8 Å². The van der Waals surface area contributed by atoms with E-state index in [0.717, 1.165) is 0 Å². The molecule has 1 aliphatic rings. The molecular formula is C10H7F13. The number of hydrogen-bond acceptors (Lipinski definition) is 0. The van der Waals surface area contributed by atoms with Crippen LogP contribution < -0.4 is 0 Å². The van der Waals surface area contributed by atoms with Crippen LogP contribution in [0.3, 0.4) is 0 Å². The fourth-order valence-corrected chi connectivity index (χ4v) is 2.04. The van der Waals surface area contributed by atoms with Gasteiger partial charge in [0.15, 0.2) is 0 Å². The van der Waals surface area contributed by atoms with E-state index in [1.54, 1.807) is 0 Å². The fraction of sp³-hybridized carbons (Fsp3) is 1.00. The highest BCUT2D eigenvalue weighted by Gasteiger charge is 3.05. The molecule has 0 atom stereocenters. The van der Waals surface area contributed by atoms with E-state index in [1.165, 1.54) is 0 Å². The minimum absolute atomic E-state index is 0.0799. The van der Waals surface area contributed by atoms with Crippen molar-refractivity contribution >= 4 is 0 Å². The molecule has 0 saturated heterocycles. The first-order valence-corrected chi connectivity index (χ1v) is 5.65. The van der Waals surface area contributed by atoms with Crippen molar-refractivity contribution in [2.45, 2.75) is 55.1 Å². The normalized spacial score (nSPS) is 30.3. The van der Waals surface area contributed by atoms with E-state index >= 15 is 0 Å². The summed E-state index contributed by atoms with van der Waals surface area (Å²) >= 11 is 0. The summed E-state index contributed by atoms with van der Waals surface area (Å²) in [5.74, 6) is -46.7. The van der Waals surface area contributed by atoms with E-state index in [4.69, 9.17) is 0 Å². The molecule has 0 aromatic carbocycles. The lowest BCUT2D eigenvalue weighted by molar-refractivity contribution is -0.508. The van der Waals surface area contributed by atoms with Gasteiger partial charge in [0, 0.05) is 5.92 Å². The minimum atomic E-state index is -7.52. The predicted octanol–water partition coefficient (Wildman–Crippen LogP) is 5.18. The second kappa shape index (κ2) is 4.38. The van der Waals surface area contributed by atoms with E-state index in [-0.39, 0.29) is 13.8 Å². The zero-order valence-corrected chi connectivity index (χ0v) is 11.0. The van der Waals surface area contributed by atoms with Crippen LogP contribution in [0, 0.1) is 5.92 Å². The molecule has 0 heterocycles. The standard InChI is InChI=1S/C10H7F13/c1-3(2)4(11,12)5(13)6(14,15)8(18,19)10(22,23)9(20,21)7(5,16)17/h3H,1-2H3. The van der Waals surface area contributed by atoms with Gasteiger partial charge in [0.2, 0.25) is 0 Å². The first kappa shape index (κ1) is 20.1. The molecule has 0 N–H and O–H groups in total. The Morgan fingerprint density at radius 3 is 0.957 bits per heavy atom. The van der Waals surface area contributed by atoms with Crippen molar-refractivity contribution in [2.75, 3.05) is 0 Å². The van der Waals surface area contributed by atoms with Gasteiger partial charge in [-0.1, -0.05) is 13.8 Å². The molecule has 1 aliphatic carbocycles. The van der Waals surface area contributed by atoms with Crippen LogP contribution in [0.15, 0.2) is 0 Å². The second-order valence-corrected chi connectivity index (χ2v) is 5.31. The molecule has 1 rings (SSSR count). The minimum Gasteiger partial charge on any atom is -0.223 e. The van der Waals surface area contributed by atoms with Crippen LogP contribution in [0.4, 0.5) is 57.1 Å². The largest absolute Gasteiger partial charge is 0.384 e. The average molecular weight is 374 g/mol. The summed E-state index contributed by atoms with van der Waals surface area (Å²) in [6.07, 6.45) is 0. The van der Waals surface area contributed by atoms with Gasteiger partial charge in [-0.05, 0) is 0 Å². The lowest BCUT2D eigenvalue weighted by atomic mass is 9.67. The molecule has 0 aliphatic heterocycles. The van der Waals surface area contributed by atoms with Gasteiger partial charge in [-0.15, -0.1) is 0 Å². The maximum atomic E-state index is 13.9. The first-order valence-electron chi connectivity index (χ1n) is 5.65. The molecule has 0 aromatic rings. The molecule has 23 heavy (non-hydrogen) atoms. The zero-order valence-electron chi connectivity index (χ0n) is 11.0. The summed E-state index contributed by atoms with van der Waals surface area (Å²) in [6.45, 7) is 0.160. The van der Waals surface area contributed by atoms with Gasteiger partial charge in [-0.3, -0.25) is 0 Å². The van der Waals surface area contributed by atoms with Gasteiger partial charge >= 0.3 is 35.3 Å². The lowest BCUT2D eigenvalue weighted by Crippen LogP contribution is -2.87. The molecule has 1 saturated carbocycles. The molecule has 0 nitrogen and oxygen atoms in total. The van der Waals surface area contributed by atoms with Gasteiger partial charge in [0.25, 0.3) is 5.92 Å². The second-order valence-electron chi connectivity index (χ2n) is 5.31. The van der Waals surface area contributed by atoms with E-state index in [2.05, 4.69) is 0 Å². The van der Waals surface area contributed by atoms with Crippen LogP contribution in [-0.2, 0) is 0 Å². The molecule has 0 radical (unpaired) electrons. The maximum Gasteiger partial charge on any atom is 0.384 e. The Morgan fingerprint density at radius 1 is 0.522 bits per heavy atom.